The topological polar surface area (TPSA) is 40.5 Å². The molecule has 1 aromatic heterocycles. The van der Waals surface area contributed by atoms with Crippen LogP contribution in [-0.2, 0) is 13.1 Å². The van der Waals surface area contributed by atoms with Crippen molar-refractivity contribution < 1.29 is 9.90 Å². The molecule has 0 saturated heterocycles. The molecular formula is C18H23NO2S. The number of rotatable bonds is 8. The molecule has 0 radical (unpaired) electrons. The summed E-state index contributed by atoms with van der Waals surface area (Å²) in [6, 6.07) is 12.3. The zero-order chi connectivity index (χ0) is 15.9. The number of carbonyl (C=O) groups is 1. The minimum Gasteiger partial charge on any atom is -0.396 e. The first-order valence-corrected chi connectivity index (χ1v) is 8.42. The van der Waals surface area contributed by atoms with Gasteiger partial charge in [0.1, 0.15) is 0 Å². The van der Waals surface area contributed by atoms with Crippen molar-refractivity contribution in [3.8, 4) is 0 Å². The van der Waals surface area contributed by atoms with Crippen molar-refractivity contribution in [1.29, 1.82) is 0 Å². The van der Waals surface area contributed by atoms with Crippen LogP contribution in [-0.4, -0.2) is 28.9 Å². The highest BCUT2D eigenvalue weighted by atomic mass is 32.1. The van der Waals surface area contributed by atoms with Gasteiger partial charge in [-0.1, -0.05) is 37.3 Å². The first kappa shape index (κ1) is 16.9. The van der Waals surface area contributed by atoms with E-state index in [1.54, 1.807) is 6.92 Å². The molecule has 1 aromatic carbocycles. The molecule has 0 fully saturated rings. The fraction of sp³-hybridized carbons (Fsp3) is 0.389. The molecule has 1 N–H and O–H groups in total. The van der Waals surface area contributed by atoms with Crippen LogP contribution in [0.4, 0.5) is 0 Å². The highest BCUT2D eigenvalue weighted by Gasteiger charge is 2.13. The first-order valence-electron chi connectivity index (χ1n) is 7.54. The van der Waals surface area contributed by atoms with E-state index in [0.717, 1.165) is 30.1 Å². The number of Topliss-reactive ketones (excluding diaryl/α,β-unsaturated/α-hetero) is 1. The largest absolute Gasteiger partial charge is 0.396 e. The number of nitrogens with zero attached hydrogens (tertiary/aromatic N) is 1. The number of carbonyl (C=O) groups excluding carboxylic acids is 1. The monoisotopic (exact) mass is 317 g/mol. The Kier molecular flexibility index (Phi) is 6.31. The van der Waals surface area contributed by atoms with E-state index in [4.69, 9.17) is 0 Å². The van der Waals surface area contributed by atoms with Gasteiger partial charge in [0.05, 0.1) is 4.88 Å². The minimum atomic E-state index is 0.120. The molecule has 0 bridgehead atoms. The number of benzene rings is 1. The van der Waals surface area contributed by atoms with Gasteiger partial charge in [-0.05, 0) is 35.4 Å². The predicted molar refractivity (Wildman–Crippen MR) is 91.1 cm³/mol. The van der Waals surface area contributed by atoms with Crippen LogP contribution in [0.5, 0.6) is 0 Å². The second kappa shape index (κ2) is 8.22. The molecule has 2 aromatic rings. The summed E-state index contributed by atoms with van der Waals surface area (Å²) in [4.78, 5) is 14.6. The van der Waals surface area contributed by atoms with Gasteiger partial charge < -0.3 is 5.11 Å². The molecule has 0 aliphatic rings. The van der Waals surface area contributed by atoms with Crippen molar-refractivity contribution in [2.75, 3.05) is 13.2 Å². The molecule has 0 aliphatic heterocycles. The predicted octanol–water partition coefficient (Wildman–Crippen LogP) is 3.58. The summed E-state index contributed by atoms with van der Waals surface area (Å²) in [6.45, 7) is 6.31. The zero-order valence-electron chi connectivity index (χ0n) is 13.2. The van der Waals surface area contributed by atoms with Gasteiger partial charge in [-0.15, -0.1) is 11.3 Å². The smallest absolute Gasteiger partial charge is 0.169 e. The van der Waals surface area contributed by atoms with E-state index in [1.807, 2.05) is 31.2 Å². The van der Waals surface area contributed by atoms with Crippen LogP contribution in [0.3, 0.4) is 0 Å². The maximum atomic E-state index is 11.4. The molecule has 4 heteroatoms. The van der Waals surface area contributed by atoms with Crippen LogP contribution in [0.15, 0.2) is 41.8 Å². The maximum absolute atomic E-state index is 11.4. The SMILES string of the molecule is CC(=O)c1cc(CN(Cc2ccccc2)C[C@H](C)CO)cs1. The van der Waals surface area contributed by atoms with Crippen molar-refractivity contribution in [3.63, 3.8) is 0 Å². The Morgan fingerprint density at radius 2 is 1.91 bits per heavy atom. The molecule has 2 rings (SSSR count). The van der Waals surface area contributed by atoms with E-state index in [2.05, 4.69) is 22.4 Å². The Balaban J connectivity index is 2.07. The summed E-state index contributed by atoms with van der Waals surface area (Å²) < 4.78 is 0. The molecule has 22 heavy (non-hydrogen) atoms. The van der Waals surface area contributed by atoms with E-state index >= 15 is 0 Å². The van der Waals surface area contributed by atoms with Gasteiger partial charge in [0.25, 0.3) is 0 Å². The second-order valence-electron chi connectivity index (χ2n) is 5.82. The summed E-state index contributed by atoms with van der Waals surface area (Å²) in [5.41, 5.74) is 2.42. The fourth-order valence-corrected chi connectivity index (χ4v) is 3.23. The summed E-state index contributed by atoms with van der Waals surface area (Å²) in [7, 11) is 0. The highest BCUT2D eigenvalue weighted by Crippen LogP contribution is 2.19. The molecular weight excluding hydrogens is 294 g/mol. The van der Waals surface area contributed by atoms with Gasteiger partial charge in [-0.2, -0.15) is 0 Å². The van der Waals surface area contributed by atoms with Gasteiger partial charge in [0, 0.05) is 26.2 Å². The number of hydrogen-bond donors (Lipinski definition) is 1. The van der Waals surface area contributed by atoms with Crippen LogP contribution >= 0.6 is 11.3 Å². The van der Waals surface area contributed by atoms with Gasteiger partial charge in [-0.3, -0.25) is 9.69 Å². The van der Waals surface area contributed by atoms with Crippen LogP contribution in [0.2, 0.25) is 0 Å². The molecule has 0 saturated carbocycles. The second-order valence-corrected chi connectivity index (χ2v) is 6.73. The maximum Gasteiger partial charge on any atom is 0.169 e. The molecule has 0 amide bonds. The average Bonchev–Trinajstić information content (AvgIpc) is 2.97. The number of aliphatic hydroxyl groups is 1. The third-order valence-electron chi connectivity index (χ3n) is 3.54. The first-order chi connectivity index (χ1) is 10.6. The lowest BCUT2D eigenvalue weighted by Crippen LogP contribution is -2.29. The van der Waals surface area contributed by atoms with Crippen LogP contribution < -0.4 is 0 Å². The van der Waals surface area contributed by atoms with Crippen LogP contribution in [0.1, 0.15) is 34.6 Å². The Bertz CT molecular complexity index is 594. The van der Waals surface area contributed by atoms with Crippen LogP contribution in [0, 0.1) is 5.92 Å². The number of ketones is 1. The quantitative estimate of drug-likeness (QED) is 0.757. The Labute approximate surface area is 136 Å². The lowest BCUT2D eigenvalue weighted by molar-refractivity contribution is 0.102. The van der Waals surface area contributed by atoms with Crippen molar-refractivity contribution >= 4 is 17.1 Å². The molecule has 1 heterocycles. The Morgan fingerprint density at radius 3 is 2.50 bits per heavy atom. The highest BCUT2D eigenvalue weighted by molar-refractivity contribution is 7.12. The van der Waals surface area contributed by atoms with Gasteiger partial charge in [0.15, 0.2) is 5.78 Å². The third kappa shape index (κ3) is 5.05. The fourth-order valence-electron chi connectivity index (χ4n) is 2.43. The molecule has 0 unspecified atom stereocenters. The third-order valence-corrected chi connectivity index (χ3v) is 4.62. The Morgan fingerprint density at radius 1 is 1.23 bits per heavy atom. The standard InChI is InChI=1S/C18H23NO2S/c1-14(12-20)9-19(10-16-6-4-3-5-7-16)11-17-8-18(15(2)21)22-13-17/h3-8,13-14,20H,9-12H2,1-2H3/t14-/m0/s1. The average molecular weight is 317 g/mol. The summed E-state index contributed by atoms with van der Waals surface area (Å²) in [5.74, 6) is 0.351. The summed E-state index contributed by atoms with van der Waals surface area (Å²) in [5, 5.41) is 11.4. The van der Waals surface area contributed by atoms with Crippen LogP contribution in [0.25, 0.3) is 0 Å². The lowest BCUT2D eigenvalue weighted by atomic mass is 10.1. The van der Waals surface area contributed by atoms with Crippen molar-refractivity contribution in [2.45, 2.75) is 26.9 Å². The van der Waals surface area contributed by atoms with E-state index in [1.165, 1.54) is 16.9 Å². The van der Waals surface area contributed by atoms with Gasteiger partial charge >= 0.3 is 0 Å². The van der Waals surface area contributed by atoms with E-state index in [9.17, 15) is 9.90 Å². The molecule has 0 aliphatic carbocycles. The summed E-state index contributed by atoms with van der Waals surface area (Å²) in [6.07, 6.45) is 0. The van der Waals surface area contributed by atoms with Gasteiger partial charge in [0.2, 0.25) is 0 Å². The van der Waals surface area contributed by atoms with Crippen molar-refractivity contribution in [2.24, 2.45) is 5.92 Å². The normalized spacial score (nSPS) is 12.5. The Hall–Kier alpha value is -1.49. The molecule has 118 valence electrons. The van der Waals surface area contributed by atoms with Crippen molar-refractivity contribution in [3.05, 3.63) is 57.8 Å². The number of aliphatic hydroxyl groups excluding tert-OH is 1. The number of hydrogen-bond acceptors (Lipinski definition) is 4. The molecule has 1 atom stereocenters. The van der Waals surface area contributed by atoms with E-state index in [-0.39, 0.29) is 18.3 Å². The van der Waals surface area contributed by atoms with Gasteiger partial charge in [-0.25, -0.2) is 0 Å². The zero-order valence-corrected chi connectivity index (χ0v) is 14.0. The lowest BCUT2D eigenvalue weighted by Gasteiger charge is -2.24. The molecule has 0 spiro atoms. The summed E-state index contributed by atoms with van der Waals surface area (Å²) >= 11 is 1.50. The molecule has 3 nitrogen and oxygen atoms in total. The van der Waals surface area contributed by atoms with E-state index < -0.39 is 0 Å². The van der Waals surface area contributed by atoms with E-state index in [0.29, 0.717) is 0 Å². The number of thiophene rings is 1. The minimum absolute atomic E-state index is 0.120. The van der Waals surface area contributed by atoms with Crippen molar-refractivity contribution in [1.82, 2.24) is 4.90 Å².